The molecule has 0 aliphatic rings. The zero-order valence-corrected chi connectivity index (χ0v) is 12.0. The number of hydrogen-bond donors (Lipinski definition) is 2. The number of aryl methyl sites for hydroxylation is 1. The molecular formula is C12H16N6O3. The Kier molecular flexibility index (Phi) is 4.01. The van der Waals surface area contributed by atoms with Gasteiger partial charge < -0.3 is 15.4 Å². The summed E-state index contributed by atoms with van der Waals surface area (Å²) in [6, 6.07) is 0.832. The van der Waals surface area contributed by atoms with E-state index in [-0.39, 0.29) is 17.6 Å². The molecule has 2 aromatic rings. The fraction of sp³-hybridized carbons (Fsp3) is 0.417. The maximum Gasteiger partial charge on any atom is 0.343 e. The lowest BCUT2D eigenvalue weighted by Crippen LogP contribution is -2.27. The van der Waals surface area contributed by atoms with E-state index in [0.29, 0.717) is 0 Å². The second-order valence-electron chi connectivity index (χ2n) is 4.59. The number of rotatable bonds is 5. The molecular weight excluding hydrogens is 276 g/mol. The van der Waals surface area contributed by atoms with Gasteiger partial charge in [0.25, 0.3) is 5.91 Å². The number of carbonyl (C=O) groups excluding carboxylic acids is 1. The van der Waals surface area contributed by atoms with E-state index in [2.05, 4.69) is 20.6 Å². The van der Waals surface area contributed by atoms with Gasteiger partial charge in [0, 0.05) is 17.8 Å². The predicted molar refractivity (Wildman–Crippen MR) is 73.8 cm³/mol. The number of aromatic nitrogens is 4. The zero-order chi connectivity index (χ0) is 15.6. The van der Waals surface area contributed by atoms with E-state index in [1.165, 1.54) is 0 Å². The van der Waals surface area contributed by atoms with Gasteiger partial charge in [0.1, 0.15) is 0 Å². The molecule has 112 valence electrons. The second-order valence-corrected chi connectivity index (χ2v) is 4.59. The van der Waals surface area contributed by atoms with Crippen LogP contribution in [0.15, 0.2) is 12.3 Å². The molecule has 21 heavy (non-hydrogen) atoms. The minimum absolute atomic E-state index is 0.0194. The maximum absolute atomic E-state index is 12.0. The number of nitro groups is 1. The minimum atomic E-state index is -0.636. The molecule has 0 aliphatic carbocycles. The highest BCUT2D eigenvalue weighted by atomic mass is 16.6. The van der Waals surface area contributed by atoms with Crippen molar-refractivity contribution in [3.63, 3.8) is 0 Å². The van der Waals surface area contributed by atoms with Crippen LogP contribution < -0.4 is 5.32 Å². The van der Waals surface area contributed by atoms with Gasteiger partial charge in [-0.05, 0) is 25.7 Å². The van der Waals surface area contributed by atoms with E-state index < -0.39 is 10.8 Å². The Balaban J connectivity index is 2.10. The van der Waals surface area contributed by atoms with Gasteiger partial charge in [0.15, 0.2) is 5.69 Å². The third-order valence-corrected chi connectivity index (χ3v) is 3.25. The number of amides is 1. The molecule has 1 unspecified atom stereocenters. The highest BCUT2D eigenvalue weighted by Gasteiger charge is 2.20. The summed E-state index contributed by atoms with van der Waals surface area (Å²) in [4.78, 5) is 21.9. The Bertz CT molecular complexity index is 674. The first-order valence-electron chi connectivity index (χ1n) is 6.47. The van der Waals surface area contributed by atoms with Crippen LogP contribution in [0.3, 0.4) is 0 Å². The molecule has 0 radical (unpaired) electrons. The van der Waals surface area contributed by atoms with E-state index in [1.807, 2.05) is 25.5 Å². The van der Waals surface area contributed by atoms with E-state index in [9.17, 15) is 14.9 Å². The van der Waals surface area contributed by atoms with E-state index in [4.69, 9.17) is 0 Å². The molecule has 9 nitrogen and oxygen atoms in total. The molecule has 0 bridgehead atoms. The van der Waals surface area contributed by atoms with Crippen molar-refractivity contribution in [1.82, 2.24) is 25.3 Å². The lowest BCUT2D eigenvalue weighted by molar-refractivity contribution is -0.389. The third kappa shape index (κ3) is 2.91. The van der Waals surface area contributed by atoms with Crippen molar-refractivity contribution in [2.45, 2.75) is 33.4 Å². The largest absolute Gasteiger partial charge is 0.358 e. The van der Waals surface area contributed by atoms with Crippen molar-refractivity contribution in [3.8, 4) is 0 Å². The van der Waals surface area contributed by atoms with Crippen molar-refractivity contribution >= 4 is 11.7 Å². The van der Waals surface area contributed by atoms with Crippen molar-refractivity contribution in [2.75, 3.05) is 0 Å². The van der Waals surface area contributed by atoms with Crippen molar-refractivity contribution < 1.29 is 9.72 Å². The minimum Gasteiger partial charge on any atom is -0.358 e. The average Bonchev–Trinajstić information content (AvgIpc) is 3.04. The first kappa shape index (κ1) is 14.7. The average molecular weight is 292 g/mol. The molecule has 1 amide bonds. The van der Waals surface area contributed by atoms with Gasteiger partial charge in [-0.15, -0.1) is 5.10 Å². The van der Waals surface area contributed by atoms with Crippen LogP contribution in [0.2, 0.25) is 0 Å². The molecule has 0 saturated heterocycles. The summed E-state index contributed by atoms with van der Waals surface area (Å²) in [7, 11) is 0. The summed E-state index contributed by atoms with van der Waals surface area (Å²) in [6.07, 6.45) is 1.71. The Morgan fingerprint density at radius 2 is 2.33 bits per heavy atom. The summed E-state index contributed by atoms with van der Waals surface area (Å²) < 4.78 is 1.83. The Morgan fingerprint density at radius 3 is 2.86 bits per heavy atom. The molecule has 2 heterocycles. The van der Waals surface area contributed by atoms with Crippen LogP contribution in [0, 0.1) is 17.0 Å². The lowest BCUT2D eigenvalue weighted by Gasteiger charge is -2.12. The number of aromatic amines is 1. The molecule has 1 atom stereocenters. The monoisotopic (exact) mass is 292 g/mol. The van der Waals surface area contributed by atoms with E-state index >= 15 is 0 Å². The molecule has 0 saturated carbocycles. The van der Waals surface area contributed by atoms with Crippen LogP contribution in [-0.4, -0.2) is 30.8 Å². The Hall–Kier alpha value is -2.71. The third-order valence-electron chi connectivity index (χ3n) is 3.25. The van der Waals surface area contributed by atoms with Crippen molar-refractivity contribution in [2.24, 2.45) is 0 Å². The Labute approximate surface area is 120 Å². The smallest absolute Gasteiger partial charge is 0.343 e. The first-order chi connectivity index (χ1) is 9.93. The van der Waals surface area contributed by atoms with Gasteiger partial charge in [0.2, 0.25) is 0 Å². The fourth-order valence-corrected chi connectivity index (χ4v) is 2.07. The van der Waals surface area contributed by atoms with E-state index in [0.717, 1.165) is 23.9 Å². The van der Waals surface area contributed by atoms with Gasteiger partial charge in [-0.25, -0.2) is 0 Å². The number of carbonyl (C=O) groups is 1. The van der Waals surface area contributed by atoms with Crippen LogP contribution >= 0.6 is 0 Å². The molecule has 0 aromatic carbocycles. The molecule has 0 fully saturated rings. The predicted octanol–water partition coefficient (Wildman–Crippen LogP) is 1.33. The van der Waals surface area contributed by atoms with Gasteiger partial charge in [-0.2, -0.15) is 5.10 Å². The number of hydrogen-bond acceptors (Lipinski definition) is 5. The highest BCUT2D eigenvalue weighted by Crippen LogP contribution is 2.17. The summed E-state index contributed by atoms with van der Waals surface area (Å²) in [5.74, 6) is -0.793. The molecule has 9 heteroatoms. The van der Waals surface area contributed by atoms with E-state index in [1.54, 1.807) is 6.20 Å². The summed E-state index contributed by atoms with van der Waals surface area (Å²) >= 11 is 0. The summed E-state index contributed by atoms with van der Waals surface area (Å²) in [5, 5.41) is 23.3. The van der Waals surface area contributed by atoms with Gasteiger partial charge in [0.05, 0.1) is 18.3 Å². The molecule has 2 rings (SSSR count). The standard InChI is InChI=1S/C12H16N6O3/c1-4-17-8(3)9(6-13-17)7(2)14-12(19)10-5-11(16-15-10)18(20)21/h5-7H,4H2,1-3H3,(H,14,19)(H,15,16). The topological polar surface area (TPSA) is 119 Å². The highest BCUT2D eigenvalue weighted by molar-refractivity contribution is 5.93. The van der Waals surface area contributed by atoms with Crippen LogP contribution in [0.4, 0.5) is 5.82 Å². The second kappa shape index (κ2) is 5.73. The summed E-state index contributed by atoms with van der Waals surface area (Å²) in [5.41, 5.74) is 1.85. The quantitative estimate of drug-likeness (QED) is 0.636. The number of H-pyrrole nitrogens is 1. The van der Waals surface area contributed by atoms with Crippen LogP contribution in [-0.2, 0) is 6.54 Å². The fourth-order valence-electron chi connectivity index (χ4n) is 2.07. The first-order valence-corrected chi connectivity index (χ1v) is 6.47. The number of nitrogens with zero attached hydrogens (tertiary/aromatic N) is 4. The van der Waals surface area contributed by atoms with Gasteiger partial charge in [-0.1, -0.05) is 5.10 Å². The maximum atomic E-state index is 12.0. The molecule has 2 N–H and O–H groups in total. The van der Waals surface area contributed by atoms with Crippen molar-refractivity contribution in [3.05, 3.63) is 39.3 Å². The molecule has 0 aliphatic heterocycles. The van der Waals surface area contributed by atoms with Crippen LogP contribution in [0.5, 0.6) is 0 Å². The summed E-state index contributed by atoms with van der Waals surface area (Å²) in [6.45, 7) is 6.48. The van der Waals surface area contributed by atoms with Crippen molar-refractivity contribution in [1.29, 1.82) is 0 Å². The lowest BCUT2D eigenvalue weighted by atomic mass is 10.1. The molecule has 2 aromatic heterocycles. The van der Waals surface area contributed by atoms with Crippen LogP contribution in [0.25, 0.3) is 0 Å². The van der Waals surface area contributed by atoms with Gasteiger partial charge >= 0.3 is 5.82 Å². The zero-order valence-electron chi connectivity index (χ0n) is 12.0. The van der Waals surface area contributed by atoms with Gasteiger partial charge in [-0.3, -0.25) is 9.48 Å². The number of nitrogens with one attached hydrogen (secondary N) is 2. The normalized spacial score (nSPS) is 12.1. The van der Waals surface area contributed by atoms with Crippen LogP contribution in [0.1, 0.15) is 41.6 Å². The molecule has 0 spiro atoms. The SMILES string of the molecule is CCn1ncc(C(C)NC(=O)c2cc([N+](=O)[O-])[nH]n2)c1C. The Morgan fingerprint density at radius 1 is 1.62 bits per heavy atom.